The molecule has 0 saturated carbocycles. The fourth-order valence-corrected chi connectivity index (χ4v) is 1.53. The van der Waals surface area contributed by atoms with Crippen molar-refractivity contribution in [2.75, 3.05) is 0 Å². The zero-order valence-corrected chi connectivity index (χ0v) is 9.12. The van der Waals surface area contributed by atoms with Crippen LogP contribution in [0, 0.1) is 28.9 Å². The molecule has 0 aliphatic heterocycles. The largest absolute Gasteiger partial charge is 0.219 e. The van der Waals surface area contributed by atoms with Crippen LogP contribution in [0.3, 0.4) is 0 Å². The standard InChI is InChI=1S/C13H7F3N2/c14-10-3-1-2-9(12(10)15)11-5-4-8(6-7-17)13(16)18-11/h1-5H,6H2. The third kappa shape index (κ3) is 2.18. The Morgan fingerprint density at radius 1 is 1.11 bits per heavy atom. The van der Waals surface area contributed by atoms with E-state index in [-0.39, 0.29) is 23.2 Å². The molecule has 0 amide bonds. The highest BCUT2D eigenvalue weighted by molar-refractivity contribution is 5.60. The van der Waals surface area contributed by atoms with Crippen LogP contribution in [-0.2, 0) is 6.42 Å². The van der Waals surface area contributed by atoms with Gasteiger partial charge in [-0.1, -0.05) is 12.1 Å². The minimum Gasteiger partial charge on any atom is -0.219 e. The van der Waals surface area contributed by atoms with E-state index in [0.717, 1.165) is 6.07 Å². The SMILES string of the molecule is N#CCc1ccc(-c2cccc(F)c2F)nc1F. The van der Waals surface area contributed by atoms with Crippen molar-refractivity contribution in [1.82, 2.24) is 4.98 Å². The molecule has 1 heterocycles. The van der Waals surface area contributed by atoms with Crippen molar-refractivity contribution in [2.24, 2.45) is 0 Å². The number of aromatic nitrogens is 1. The van der Waals surface area contributed by atoms with Gasteiger partial charge in [0.05, 0.1) is 18.2 Å². The number of benzene rings is 1. The van der Waals surface area contributed by atoms with Gasteiger partial charge >= 0.3 is 0 Å². The Balaban J connectivity index is 2.50. The summed E-state index contributed by atoms with van der Waals surface area (Å²) in [6, 6.07) is 8.08. The van der Waals surface area contributed by atoms with Gasteiger partial charge in [0, 0.05) is 11.1 Å². The average Bonchev–Trinajstić information content (AvgIpc) is 2.35. The molecule has 0 saturated heterocycles. The molecule has 90 valence electrons. The molecule has 2 nitrogen and oxygen atoms in total. The Labute approximate surface area is 101 Å². The smallest absolute Gasteiger partial charge is 0.217 e. The van der Waals surface area contributed by atoms with Crippen molar-refractivity contribution in [3.8, 4) is 17.3 Å². The van der Waals surface area contributed by atoms with E-state index in [2.05, 4.69) is 4.98 Å². The summed E-state index contributed by atoms with van der Waals surface area (Å²) in [5.74, 6) is -2.94. The fraction of sp³-hybridized carbons (Fsp3) is 0.0769. The van der Waals surface area contributed by atoms with E-state index in [0.29, 0.717) is 0 Å². The molecule has 0 aliphatic rings. The molecular weight excluding hydrogens is 241 g/mol. The quantitative estimate of drug-likeness (QED) is 0.765. The van der Waals surface area contributed by atoms with Gasteiger partial charge in [-0.2, -0.15) is 9.65 Å². The van der Waals surface area contributed by atoms with E-state index in [9.17, 15) is 13.2 Å². The second-order valence-electron chi connectivity index (χ2n) is 3.58. The number of halogens is 3. The van der Waals surface area contributed by atoms with Crippen molar-refractivity contribution in [3.05, 3.63) is 53.5 Å². The molecule has 0 N–H and O–H groups in total. The topological polar surface area (TPSA) is 36.7 Å². The Morgan fingerprint density at radius 3 is 2.56 bits per heavy atom. The molecule has 0 unspecified atom stereocenters. The van der Waals surface area contributed by atoms with E-state index in [4.69, 9.17) is 5.26 Å². The van der Waals surface area contributed by atoms with Crippen molar-refractivity contribution in [2.45, 2.75) is 6.42 Å². The van der Waals surface area contributed by atoms with Crippen LogP contribution in [0.15, 0.2) is 30.3 Å². The van der Waals surface area contributed by atoms with Gasteiger partial charge in [-0.25, -0.2) is 13.8 Å². The number of pyridine rings is 1. The average molecular weight is 248 g/mol. The molecule has 0 radical (unpaired) electrons. The van der Waals surface area contributed by atoms with Gasteiger partial charge in [-0.3, -0.25) is 0 Å². The monoisotopic (exact) mass is 248 g/mol. The van der Waals surface area contributed by atoms with Crippen LogP contribution >= 0.6 is 0 Å². The summed E-state index contributed by atoms with van der Waals surface area (Å²) in [4.78, 5) is 3.54. The van der Waals surface area contributed by atoms with Crippen molar-refractivity contribution in [1.29, 1.82) is 5.26 Å². The zero-order chi connectivity index (χ0) is 13.1. The maximum atomic E-state index is 13.5. The minimum atomic E-state index is -1.07. The predicted molar refractivity (Wildman–Crippen MR) is 58.9 cm³/mol. The van der Waals surface area contributed by atoms with Gasteiger partial charge in [-0.05, 0) is 18.2 Å². The van der Waals surface area contributed by atoms with Crippen molar-refractivity contribution < 1.29 is 13.2 Å². The fourth-order valence-electron chi connectivity index (χ4n) is 1.53. The molecule has 18 heavy (non-hydrogen) atoms. The highest BCUT2D eigenvalue weighted by atomic mass is 19.2. The molecular formula is C13H7F3N2. The molecule has 0 spiro atoms. The lowest BCUT2D eigenvalue weighted by Gasteiger charge is -2.05. The van der Waals surface area contributed by atoms with E-state index in [1.54, 1.807) is 6.07 Å². The highest BCUT2D eigenvalue weighted by Gasteiger charge is 2.12. The molecule has 2 aromatic rings. The second-order valence-corrected chi connectivity index (χ2v) is 3.58. The van der Waals surface area contributed by atoms with Gasteiger partial charge in [0.1, 0.15) is 0 Å². The molecule has 2 rings (SSSR count). The van der Waals surface area contributed by atoms with Crippen LogP contribution in [0.5, 0.6) is 0 Å². The number of rotatable bonds is 2. The summed E-state index contributed by atoms with van der Waals surface area (Å²) < 4.78 is 40.0. The first-order valence-corrected chi connectivity index (χ1v) is 5.10. The Hall–Kier alpha value is -2.35. The molecule has 1 aromatic carbocycles. The summed E-state index contributed by atoms with van der Waals surface area (Å²) in [5, 5.41) is 8.46. The van der Waals surface area contributed by atoms with Crippen LogP contribution in [-0.4, -0.2) is 4.98 Å². The first kappa shape index (κ1) is 12.1. The lowest BCUT2D eigenvalue weighted by molar-refractivity contribution is 0.510. The van der Waals surface area contributed by atoms with Gasteiger partial charge in [0.25, 0.3) is 0 Å². The van der Waals surface area contributed by atoms with Crippen LogP contribution in [0.25, 0.3) is 11.3 Å². The Kier molecular flexibility index (Phi) is 3.28. The van der Waals surface area contributed by atoms with Gasteiger partial charge in [0.15, 0.2) is 11.6 Å². The minimum absolute atomic E-state index is 0.00816. The van der Waals surface area contributed by atoms with E-state index in [1.165, 1.54) is 24.3 Å². The number of hydrogen-bond acceptors (Lipinski definition) is 2. The molecule has 1 aromatic heterocycles. The van der Waals surface area contributed by atoms with Crippen LogP contribution in [0.2, 0.25) is 0 Å². The van der Waals surface area contributed by atoms with E-state index < -0.39 is 17.6 Å². The first-order chi connectivity index (χ1) is 8.63. The summed E-state index contributed by atoms with van der Waals surface area (Å²) in [7, 11) is 0. The summed E-state index contributed by atoms with van der Waals surface area (Å²) in [5.41, 5.74) is 0.00154. The van der Waals surface area contributed by atoms with Crippen LogP contribution in [0.1, 0.15) is 5.56 Å². The van der Waals surface area contributed by atoms with Gasteiger partial charge in [0.2, 0.25) is 5.95 Å². The normalized spacial score (nSPS) is 10.1. The second kappa shape index (κ2) is 4.88. The van der Waals surface area contributed by atoms with E-state index >= 15 is 0 Å². The number of nitrogens with zero attached hydrogens (tertiary/aromatic N) is 2. The summed E-state index contributed by atoms with van der Waals surface area (Å²) >= 11 is 0. The lowest BCUT2D eigenvalue weighted by atomic mass is 10.1. The first-order valence-electron chi connectivity index (χ1n) is 5.10. The summed E-state index contributed by atoms with van der Waals surface area (Å²) in [6.45, 7) is 0. The third-order valence-electron chi connectivity index (χ3n) is 2.42. The summed E-state index contributed by atoms with van der Waals surface area (Å²) in [6.07, 6.45) is -0.120. The maximum absolute atomic E-state index is 13.5. The predicted octanol–water partition coefficient (Wildman–Crippen LogP) is 3.23. The van der Waals surface area contributed by atoms with Crippen LogP contribution in [0.4, 0.5) is 13.2 Å². The lowest BCUT2D eigenvalue weighted by Crippen LogP contribution is -1.97. The number of hydrogen-bond donors (Lipinski definition) is 0. The number of nitriles is 1. The molecule has 0 atom stereocenters. The third-order valence-corrected chi connectivity index (χ3v) is 2.42. The van der Waals surface area contributed by atoms with Crippen molar-refractivity contribution >= 4 is 0 Å². The van der Waals surface area contributed by atoms with E-state index in [1.807, 2.05) is 0 Å². The molecule has 0 bridgehead atoms. The van der Waals surface area contributed by atoms with Crippen molar-refractivity contribution in [3.63, 3.8) is 0 Å². The molecule has 0 aliphatic carbocycles. The van der Waals surface area contributed by atoms with Crippen LogP contribution < -0.4 is 0 Å². The molecule has 0 fully saturated rings. The highest BCUT2D eigenvalue weighted by Crippen LogP contribution is 2.23. The Bertz CT molecular complexity index is 633. The van der Waals surface area contributed by atoms with Gasteiger partial charge in [-0.15, -0.1) is 0 Å². The zero-order valence-electron chi connectivity index (χ0n) is 9.12. The Morgan fingerprint density at radius 2 is 1.89 bits per heavy atom. The molecule has 5 heteroatoms. The maximum Gasteiger partial charge on any atom is 0.217 e. The van der Waals surface area contributed by atoms with Gasteiger partial charge < -0.3 is 0 Å².